The molecule has 2 rings (SSSR count). The molecule has 0 aromatic heterocycles. The molecule has 70 valence electrons. The minimum absolute atomic E-state index is 0.537. The van der Waals surface area contributed by atoms with Crippen LogP contribution in [0.3, 0.4) is 0 Å². The minimum Gasteiger partial charge on any atom is -0.370 e. The Bertz CT molecular complexity index is 294. The van der Waals surface area contributed by atoms with Gasteiger partial charge in [-0.3, -0.25) is 0 Å². The number of aliphatic hydroxyl groups excluding tert-OH is 1. The number of para-hydroxylation sites is 1. The lowest BCUT2D eigenvalue weighted by molar-refractivity contribution is 0.252. The van der Waals surface area contributed by atoms with Gasteiger partial charge in [-0.15, -0.1) is 0 Å². The third-order valence-corrected chi connectivity index (χ3v) is 1.72. The minimum atomic E-state index is -0.537. The Kier molecular flexibility index (Phi) is 3.53. The van der Waals surface area contributed by atoms with E-state index in [-0.39, 0.29) is 0 Å². The molecule has 1 unspecified atom stereocenters. The average molecular weight is 177 g/mol. The van der Waals surface area contributed by atoms with Crippen LogP contribution >= 0.6 is 0 Å². The highest BCUT2D eigenvalue weighted by Crippen LogP contribution is 2.20. The van der Waals surface area contributed by atoms with Crippen LogP contribution in [-0.4, -0.2) is 11.3 Å². The third kappa shape index (κ3) is 2.33. The molecule has 2 nitrogen and oxygen atoms in total. The van der Waals surface area contributed by atoms with Gasteiger partial charge in [0.25, 0.3) is 0 Å². The quantitative estimate of drug-likeness (QED) is 0.638. The second-order valence-corrected chi connectivity index (χ2v) is 2.54. The molecule has 0 radical (unpaired) electrons. The van der Waals surface area contributed by atoms with Crippen molar-refractivity contribution in [1.82, 2.24) is 0 Å². The first kappa shape index (κ1) is 9.81. The van der Waals surface area contributed by atoms with E-state index in [0.29, 0.717) is 0 Å². The largest absolute Gasteiger partial charge is 0.370 e. The summed E-state index contributed by atoms with van der Waals surface area (Å²) < 4.78 is 0. The lowest BCUT2D eigenvalue weighted by Gasteiger charge is -2.17. The SMILES string of the molecule is CC.OC1C=Cc2ccccc2N1. The van der Waals surface area contributed by atoms with E-state index < -0.39 is 6.23 Å². The van der Waals surface area contributed by atoms with Crippen molar-refractivity contribution in [2.45, 2.75) is 20.1 Å². The van der Waals surface area contributed by atoms with Gasteiger partial charge in [-0.2, -0.15) is 0 Å². The topological polar surface area (TPSA) is 32.3 Å². The molecular formula is C11H15NO. The van der Waals surface area contributed by atoms with E-state index in [9.17, 15) is 0 Å². The van der Waals surface area contributed by atoms with Gasteiger partial charge in [-0.1, -0.05) is 38.1 Å². The number of hydrogen-bond acceptors (Lipinski definition) is 2. The highest BCUT2D eigenvalue weighted by Gasteiger charge is 2.06. The van der Waals surface area contributed by atoms with Gasteiger partial charge in [-0.25, -0.2) is 0 Å². The lowest BCUT2D eigenvalue weighted by Crippen LogP contribution is -2.18. The van der Waals surface area contributed by atoms with Crippen LogP contribution in [0.5, 0.6) is 0 Å². The predicted molar refractivity (Wildman–Crippen MR) is 56.5 cm³/mol. The zero-order valence-corrected chi connectivity index (χ0v) is 7.99. The Morgan fingerprint density at radius 3 is 2.69 bits per heavy atom. The van der Waals surface area contributed by atoms with Gasteiger partial charge in [0.1, 0.15) is 6.23 Å². The summed E-state index contributed by atoms with van der Waals surface area (Å²) in [6, 6.07) is 7.87. The van der Waals surface area contributed by atoms with Crippen LogP contribution in [-0.2, 0) is 0 Å². The zero-order valence-electron chi connectivity index (χ0n) is 7.99. The summed E-state index contributed by atoms with van der Waals surface area (Å²) in [5.74, 6) is 0. The molecule has 1 aromatic carbocycles. The van der Waals surface area contributed by atoms with Crippen LogP contribution in [0.4, 0.5) is 5.69 Å². The summed E-state index contributed by atoms with van der Waals surface area (Å²) in [6.07, 6.45) is 3.10. The van der Waals surface area contributed by atoms with Gasteiger partial charge in [-0.05, 0) is 17.7 Å². The fourth-order valence-electron chi connectivity index (χ4n) is 1.18. The van der Waals surface area contributed by atoms with Crippen molar-refractivity contribution in [1.29, 1.82) is 0 Å². The predicted octanol–water partition coefficient (Wildman–Crippen LogP) is 2.47. The second-order valence-electron chi connectivity index (χ2n) is 2.54. The highest BCUT2D eigenvalue weighted by atomic mass is 16.3. The summed E-state index contributed by atoms with van der Waals surface area (Å²) in [7, 11) is 0. The first-order chi connectivity index (χ1) is 6.36. The van der Waals surface area contributed by atoms with Gasteiger partial charge in [0.2, 0.25) is 0 Å². The number of aliphatic hydroxyl groups is 1. The van der Waals surface area contributed by atoms with Crippen LogP contribution in [0.1, 0.15) is 19.4 Å². The number of benzene rings is 1. The van der Waals surface area contributed by atoms with Crippen molar-refractivity contribution in [3.8, 4) is 0 Å². The van der Waals surface area contributed by atoms with E-state index in [1.165, 1.54) is 0 Å². The Labute approximate surface area is 78.9 Å². The molecule has 0 bridgehead atoms. The summed E-state index contributed by atoms with van der Waals surface area (Å²) in [4.78, 5) is 0. The molecule has 1 aliphatic rings. The van der Waals surface area contributed by atoms with Gasteiger partial charge in [0.15, 0.2) is 0 Å². The van der Waals surface area contributed by atoms with E-state index in [1.807, 2.05) is 44.2 Å². The number of fused-ring (bicyclic) bond motifs is 1. The molecule has 2 N–H and O–H groups in total. The molecule has 1 heterocycles. The molecule has 0 saturated heterocycles. The van der Waals surface area contributed by atoms with Crippen LogP contribution in [0.2, 0.25) is 0 Å². The lowest BCUT2D eigenvalue weighted by atomic mass is 10.1. The normalized spacial score (nSPS) is 17.9. The molecule has 0 fully saturated rings. The molecule has 0 saturated carbocycles. The standard InChI is InChI=1S/C9H9NO.C2H6/c11-9-6-5-7-3-1-2-4-8(7)10-9;1-2/h1-6,9-11H;1-2H3. The van der Waals surface area contributed by atoms with Crippen molar-refractivity contribution < 1.29 is 5.11 Å². The fourth-order valence-corrected chi connectivity index (χ4v) is 1.18. The Morgan fingerprint density at radius 2 is 1.92 bits per heavy atom. The van der Waals surface area contributed by atoms with E-state index >= 15 is 0 Å². The van der Waals surface area contributed by atoms with Crippen molar-refractivity contribution in [2.24, 2.45) is 0 Å². The molecule has 1 atom stereocenters. The molecule has 1 aromatic rings. The maximum Gasteiger partial charge on any atom is 0.144 e. The first-order valence-electron chi connectivity index (χ1n) is 4.58. The monoisotopic (exact) mass is 177 g/mol. The van der Waals surface area contributed by atoms with Gasteiger partial charge in [0.05, 0.1) is 0 Å². The Morgan fingerprint density at radius 1 is 1.23 bits per heavy atom. The Hall–Kier alpha value is -1.28. The second kappa shape index (κ2) is 4.67. The number of anilines is 1. The summed E-state index contributed by atoms with van der Waals surface area (Å²) >= 11 is 0. The number of rotatable bonds is 0. The maximum atomic E-state index is 9.16. The van der Waals surface area contributed by atoms with Gasteiger partial charge < -0.3 is 10.4 Å². The van der Waals surface area contributed by atoms with Crippen LogP contribution < -0.4 is 5.32 Å². The third-order valence-electron chi connectivity index (χ3n) is 1.72. The van der Waals surface area contributed by atoms with Crippen molar-refractivity contribution in [3.05, 3.63) is 35.9 Å². The van der Waals surface area contributed by atoms with Crippen molar-refractivity contribution in [3.63, 3.8) is 0 Å². The van der Waals surface area contributed by atoms with Crippen LogP contribution in [0.25, 0.3) is 6.08 Å². The molecular weight excluding hydrogens is 162 g/mol. The van der Waals surface area contributed by atoms with Crippen LogP contribution in [0.15, 0.2) is 30.3 Å². The summed E-state index contributed by atoms with van der Waals surface area (Å²) in [6.45, 7) is 4.00. The van der Waals surface area contributed by atoms with E-state index in [2.05, 4.69) is 5.32 Å². The number of nitrogens with one attached hydrogen (secondary N) is 1. The molecule has 2 heteroatoms. The Balaban J connectivity index is 0.000000396. The van der Waals surface area contributed by atoms with Crippen molar-refractivity contribution >= 4 is 11.8 Å². The summed E-state index contributed by atoms with van der Waals surface area (Å²) in [5.41, 5.74) is 2.11. The highest BCUT2D eigenvalue weighted by molar-refractivity contribution is 5.70. The molecule has 0 aliphatic carbocycles. The average Bonchev–Trinajstić information content (AvgIpc) is 2.21. The van der Waals surface area contributed by atoms with Crippen molar-refractivity contribution in [2.75, 3.05) is 5.32 Å². The molecule has 0 spiro atoms. The molecule has 13 heavy (non-hydrogen) atoms. The summed E-state index contributed by atoms with van der Waals surface area (Å²) in [5, 5.41) is 12.1. The van der Waals surface area contributed by atoms with Gasteiger partial charge in [0, 0.05) is 5.69 Å². The van der Waals surface area contributed by atoms with E-state index in [4.69, 9.17) is 5.11 Å². The van der Waals surface area contributed by atoms with Gasteiger partial charge >= 0.3 is 0 Å². The van der Waals surface area contributed by atoms with E-state index in [1.54, 1.807) is 6.08 Å². The number of hydrogen-bond donors (Lipinski definition) is 2. The van der Waals surface area contributed by atoms with Crippen LogP contribution in [0, 0.1) is 0 Å². The molecule has 1 aliphatic heterocycles. The zero-order chi connectivity index (χ0) is 9.68. The smallest absolute Gasteiger partial charge is 0.144 e. The van der Waals surface area contributed by atoms with E-state index in [0.717, 1.165) is 11.3 Å². The first-order valence-corrected chi connectivity index (χ1v) is 4.58. The molecule has 0 amide bonds. The fraction of sp³-hybridized carbons (Fsp3) is 0.273. The maximum absolute atomic E-state index is 9.16.